The number of fused-ring (bicyclic) bond motifs is 3. The van der Waals surface area contributed by atoms with Gasteiger partial charge in [0.05, 0.1) is 17.1 Å². The molecule has 0 radical (unpaired) electrons. The Kier molecular flexibility index (Phi) is 7.71. The Bertz CT molecular complexity index is 1650. The largest absolute Gasteiger partial charge is 0.351 e. The third-order valence-corrected chi connectivity index (χ3v) is 11.4. The van der Waals surface area contributed by atoms with Gasteiger partial charge in [0.1, 0.15) is 17.0 Å². The zero-order valence-corrected chi connectivity index (χ0v) is 25.5. The van der Waals surface area contributed by atoms with E-state index in [0.717, 1.165) is 44.9 Å². The van der Waals surface area contributed by atoms with Gasteiger partial charge in [-0.2, -0.15) is 4.98 Å². The topological polar surface area (TPSA) is 122 Å². The summed E-state index contributed by atoms with van der Waals surface area (Å²) in [5.74, 6) is 0.292. The number of aromatic nitrogens is 4. The molecule has 0 aliphatic heterocycles. The fourth-order valence-corrected chi connectivity index (χ4v) is 9.10. The molecule has 226 valence electrons. The molecule has 3 atom stereocenters. The summed E-state index contributed by atoms with van der Waals surface area (Å²) in [6.45, 7) is 3.77. The molecule has 42 heavy (non-hydrogen) atoms. The summed E-state index contributed by atoms with van der Waals surface area (Å²) >= 11 is 0. The highest BCUT2D eigenvalue weighted by molar-refractivity contribution is 7.93. The minimum atomic E-state index is -3.72. The summed E-state index contributed by atoms with van der Waals surface area (Å²) in [4.78, 5) is 29.7. The Hall–Kier alpha value is -3.12. The van der Waals surface area contributed by atoms with Crippen molar-refractivity contribution in [2.24, 2.45) is 11.8 Å². The van der Waals surface area contributed by atoms with Crippen molar-refractivity contribution in [3.63, 3.8) is 0 Å². The summed E-state index contributed by atoms with van der Waals surface area (Å²) in [6.07, 6.45) is 9.35. The second kappa shape index (κ2) is 11.2. The first-order valence-electron chi connectivity index (χ1n) is 15.0. The summed E-state index contributed by atoms with van der Waals surface area (Å²) < 4.78 is 45.4. The molecule has 3 aliphatic carbocycles. The first-order chi connectivity index (χ1) is 20.0. The number of nitrogens with zero attached hydrogens (tertiary/aromatic N) is 5. The Balaban J connectivity index is 1.26. The highest BCUT2D eigenvalue weighted by Crippen LogP contribution is 2.47. The molecule has 3 aliphatic rings. The smallest absolute Gasteiger partial charge is 0.278 e. The van der Waals surface area contributed by atoms with Gasteiger partial charge in [0, 0.05) is 23.7 Å². The molecule has 10 nitrogen and oxygen atoms in total. The van der Waals surface area contributed by atoms with Crippen LogP contribution in [-0.2, 0) is 10.0 Å². The maximum atomic E-state index is 15.3. The molecule has 6 rings (SSSR count). The average molecular weight is 598 g/mol. The Morgan fingerprint density at radius 3 is 2.43 bits per heavy atom. The van der Waals surface area contributed by atoms with E-state index in [0.29, 0.717) is 35.5 Å². The van der Waals surface area contributed by atoms with Gasteiger partial charge in [-0.3, -0.25) is 14.1 Å². The molecule has 0 unspecified atom stereocenters. The molecule has 12 heteroatoms. The number of benzene rings is 1. The minimum Gasteiger partial charge on any atom is -0.351 e. The molecule has 1 aromatic carbocycles. The van der Waals surface area contributed by atoms with Gasteiger partial charge < -0.3 is 10.2 Å². The molecule has 0 amide bonds. The fourth-order valence-electron chi connectivity index (χ4n) is 7.20. The molecule has 0 spiro atoms. The molecule has 3 fully saturated rings. The number of hydrogen-bond donors (Lipinski definition) is 2. The molecule has 3 saturated carbocycles. The number of anilines is 2. The number of hydrogen-bond acceptors (Lipinski definition) is 8. The van der Waals surface area contributed by atoms with E-state index in [9.17, 15) is 13.2 Å². The van der Waals surface area contributed by atoms with E-state index in [2.05, 4.69) is 44.0 Å². The molecule has 2 aromatic heterocycles. The predicted octanol–water partition coefficient (Wildman–Crippen LogP) is 4.79. The van der Waals surface area contributed by atoms with Crippen molar-refractivity contribution in [1.29, 1.82) is 0 Å². The van der Waals surface area contributed by atoms with Crippen molar-refractivity contribution < 1.29 is 12.8 Å². The quantitative estimate of drug-likeness (QED) is 0.380. The zero-order chi connectivity index (χ0) is 29.8. The van der Waals surface area contributed by atoms with Gasteiger partial charge in [0.2, 0.25) is 16.0 Å². The maximum absolute atomic E-state index is 15.3. The Morgan fingerprint density at radius 2 is 1.81 bits per heavy atom. The van der Waals surface area contributed by atoms with E-state index < -0.39 is 26.6 Å². The highest BCUT2D eigenvalue weighted by atomic mass is 32.2. The molecular weight excluding hydrogens is 557 g/mol. The van der Waals surface area contributed by atoms with E-state index in [-0.39, 0.29) is 34.9 Å². The van der Waals surface area contributed by atoms with E-state index in [1.807, 2.05) is 13.8 Å². The summed E-state index contributed by atoms with van der Waals surface area (Å²) in [6, 6.07) is 4.67. The lowest BCUT2D eigenvalue weighted by Gasteiger charge is -2.32. The lowest BCUT2D eigenvalue weighted by atomic mass is 9.91. The van der Waals surface area contributed by atoms with Crippen LogP contribution in [0.5, 0.6) is 0 Å². The van der Waals surface area contributed by atoms with E-state index in [1.165, 1.54) is 18.2 Å². The molecule has 2 heterocycles. The Morgan fingerprint density at radius 1 is 1.05 bits per heavy atom. The second-order valence-corrected chi connectivity index (χ2v) is 14.7. The standard InChI is InChI=1S/C30H40FN7O3S/c1-17(2)38-28-25(16-32-30(35-28)33-21-8-10-22(11-9-21)37(3)4)34-27(29(38)39)20-7-12-24(23(31)15-20)36-42(40,41)26-14-18-5-6-19(26)13-18/h7,12,15-19,21-22,26,36H,5-6,8-11,13-14H2,1-4H3,(H,32,33,35)/t18-,19-,21?,22?,26-/m1/s1. The first-order valence-corrected chi connectivity index (χ1v) is 16.6. The molecule has 3 aromatic rings. The van der Waals surface area contributed by atoms with Crippen molar-refractivity contribution >= 4 is 32.8 Å². The summed E-state index contributed by atoms with van der Waals surface area (Å²) in [7, 11) is 0.508. The van der Waals surface area contributed by atoms with Crippen molar-refractivity contribution in [3.8, 4) is 11.3 Å². The lowest BCUT2D eigenvalue weighted by Crippen LogP contribution is -2.36. The van der Waals surface area contributed by atoms with Crippen LogP contribution in [0.25, 0.3) is 22.4 Å². The summed E-state index contributed by atoms with van der Waals surface area (Å²) in [5.41, 5.74) is 0.629. The van der Waals surface area contributed by atoms with E-state index >= 15 is 4.39 Å². The third kappa shape index (κ3) is 5.50. The number of sulfonamides is 1. The number of rotatable bonds is 8. The van der Waals surface area contributed by atoms with E-state index in [1.54, 1.807) is 10.8 Å². The van der Waals surface area contributed by atoms with Crippen LogP contribution >= 0.6 is 0 Å². The van der Waals surface area contributed by atoms with Crippen molar-refractivity contribution in [2.45, 2.75) is 88.6 Å². The van der Waals surface area contributed by atoms with Crippen LogP contribution < -0.4 is 15.6 Å². The fraction of sp³-hybridized carbons (Fsp3) is 0.600. The average Bonchev–Trinajstić information content (AvgIpc) is 3.59. The normalized spacial score (nSPS) is 25.9. The highest BCUT2D eigenvalue weighted by Gasteiger charge is 2.46. The second-order valence-electron chi connectivity index (χ2n) is 12.8. The van der Waals surface area contributed by atoms with Crippen LogP contribution in [0.4, 0.5) is 16.0 Å². The van der Waals surface area contributed by atoms with Gasteiger partial charge in [0.15, 0.2) is 5.65 Å². The van der Waals surface area contributed by atoms with Gasteiger partial charge in [-0.1, -0.05) is 12.5 Å². The summed E-state index contributed by atoms with van der Waals surface area (Å²) in [5, 5.41) is 2.95. The molecule has 2 bridgehead atoms. The number of halogens is 1. The molecule has 2 N–H and O–H groups in total. The van der Waals surface area contributed by atoms with Gasteiger partial charge >= 0.3 is 0 Å². The van der Waals surface area contributed by atoms with Gasteiger partial charge in [-0.15, -0.1) is 0 Å². The minimum absolute atomic E-state index is 0.0592. The van der Waals surface area contributed by atoms with Crippen LogP contribution in [0.15, 0.2) is 29.2 Å². The van der Waals surface area contributed by atoms with Crippen LogP contribution in [0.1, 0.15) is 71.3 Å². The predicted molar refractivity (Wildman–Crippen MR) is 163 cm³/mol. The SMILES string of the molecule is CC(C)n1c(=O)c(-c2ccc(NS(=O)(=O)[C@@H]3C[C@@H]4CC[C@@H]3C4)c(F)c2)nc2cnc(NC3CCC(N(C)C)CC3)nc21. The van der Waals surface area contributed by atoms with Crippen molar-refractivity contribution in [3.05, 3.63) is 40.6 Å². The zero-order valence-electron chi connectivity index (χ0n) is 24.7. The Labute approximate surface area is 246 Å². The van der Waals surface area contributed by atoms with E-state index in [4.69, 9.17) is 0 Å². The monoisotopic (exact) mass is 597 g/mol. The number of nitrogens with one attached hydrogen (secondary N) is 2. The van der Waals surface area contributed by atoms with Crippen molar-refractivity contribution in [2.75, 3.05) is 24.1 Å². The van der Waals surface area contributed by atoms with Crippen LogP contribution in [0, 0.1) is 17.7 Å². The molecule has 0 saturated heterocycles. The van der Waals surface area contributed by atoms with Crippen LogP contribution in [0.2, 0.25) is 0 Å². The first kappa shape index (κ1) is 29.0. The molecular formula is C30H40FN7O3S. The van der Waals surface area contributed by atoms with Crippen LogP contribution in [0.3, 0.4) is 0 Å². The van der Waals surface area contributed by atoms with Gasteiger partial charge in [-0.05, 0) is 96.9 Å². The van der Waals surface area contributed by atoms with Crippen LogP contribution in [-0.4, -0.2) is 64.3 Å². The maximum Gasteiger partial charge on any atom is 0.278 e. The third-order valence-electron chi connectivity index (χ3n) is 9.47. The van der Waals surface area contributed by atoms with Gasteiger partial charge in [0.25, 0.3) is 5.56 Å². The van der Waals surface area contributed by atoms with Crippen molar-refractivity contribution in [1.82, 2.24) is 24.4 Å². The lowest BCUT2D eigenvalue weighted by molar-refractivity contribution is 0.221. The van der Waals surface area contributed by atoms with Gasteiger partial charge in [-0.25, -0.2) is 22.8 Å².